The van der Waals surface area contributed by atoms with E-state index in [0.29, 0.717) is 17.4 Å². The van der Waals surface area contributed by atoms with Gasteiger partial charge in [0.1, 0.15) is 19.3 Å². The summed E-state index contributed by atoms with van der Waals surface area (Å²) in [7, 11) is 1.15. The lowest BCUT2D eigenvalue weighted by molar-refractivity contribution is -0.870. The number of hydrogen-bond donors (Lipinski definition) is 1. The Kier molecular flexibility index (Phi) is 46.7. The zero-order valence-electron chi connectivity index (χ0n) is 45.1. The van der Waals surface area contributed by atoms with E-state index in [9.17, 15) is 19.0 Å². The number of hydrogen-bond acceptors (Lipinski definition) is 7. The number of ether oxygens (including phenoxy) is 1. The van der Waals surface area contributed by atoms with Crippen molar-refractivity contribution in [2.75, 3.05) is 40.9 Å². The van der Waals surface area contributed by atoms with E-state index >= 15 is 0 Å². The number of quaternary nitrogens is 1. The third kappa shape index (κ3) is 48.7. The Morgan fingerprint density at radius 3 is 1.40 bits per heavy atom. The molecule has 0 saturated carbocycles. The van der Waals surface area contributed by atoms with Gasteiger partial charge in [-0.3, -0.25) is 14.2 Å². The molecule has 9 nitrogen and oxygen atoms in total. The average Bonchev–Trinajstić information content (AvgIpc) is 3.29. The van der Waals surface area contributed by atoms with Gasteiger partial charge >= 0.3 is 5.97 Å². The van der Waals surface area contributed by atoms with Crippen LogP contribution >= 0.6 is 7.82 Å². The van der Waals surface area contributed by atoms with Gasteiger partial charge in [-0.2, -0.15) is 0 Å². The van der Waals surface area contributed by atoms with E-state index in [-0.39, 0.29) is 31.3 Å². The number of phosphoric ester groups is 1. The fourth-order valence-electron chi connectivity index (χ4n) is 7.81. The molecule has 3 unspecified atom stereocenters. The Bertz CT molecular complexity index is 1350. The van der Waals surface area contributed by atoms with E-state index in [1.54, 1.807) is 0 Å². The maximum Gasteiger partial charge on any atom is 0.306 e. The second kappa shape index (κ2) is 48.3. The molecule has 0 aliphatic heterocycles. The minimum Gasteiger partial charge on any atom is -0.756 e. The standard InChI is InChI=1S/C58H107N2O7P/c1-7-10-13-16-19-22-25-27-29-30-31-32-35-38-41-44-47-50-57(61)59-55(54-66-68(63,64)65-53-52-60(4,5)6)56(49-46-43-40-37-34-24-21-18-15-12-9-3)67-58(62)51-48-45-42-39-36-33-28-26-23-20-17-14-11-8-2/h19,22,27,29,31-32,38,41,46,49,55-56H,7-18,20-21,23-26,28,30,33-37,39-40,42-45,47-48,50-54H2,1-6H3,(H-,59,61,63,64)/b22-19-,29-27-,32-31-,41-38-,49-46+. The third-order valence-electron chi connectivity index (χ3n) is 12.2. The van der Waals surface area contributed by atoms with Gasteiger partial charge in [0.05, 0.1) is 33.8 Å². The van der Waals surface area contributed by atoms with Crippen LogP contribution in [0.4, 0.5) is 0 Å². The molecule has 1 N–H and O–H groups in total. The summed E-state index contributed by atoms with van der Waals surface area (Å²) in [5.41, 5.74) is 0. The van der Waals surface area contributed by atoms with E-state index in [2.05, 4.69) is 74.7 Å². The fourth-order valence-corrected chi connectivity index (χ4v) is 8.53. The summed E-state index contributed by atoms with van der Waals surface area (Å²) in [4.78, 5) is 39.7. The van der Waals surface area contributed by atoms with Gasteiger partial charge in [-0.1, -0.05) is 223 Å². The lowest BCUT2D eigenvalue weighted by Crippen LogP contribution is -2.47. The molecule has 68 heavy (non-hydrogen) atoms. The van der Waals surface area contributed by atoms with E-state index in [0.717, 1.165) is 64.2 Å². The van der Waals surface area contributed by atoms with Crippen LogP contribution in [0, 0.1) is 0 Å². The molecule has 0 fully saturated rings. The van der Waals surface area contributed by atoms with Crippen LogP contribution in [0.3, 0.4) is 0 Å². The van der Waals surface area contributed by atoms with Crippen molar-refractivity contribution in [2.45, 2.75) is 258 Å². The van der Waals surface area contributed by atoms with Crippen LogP contribution in [-0.4, -0.2) is 69.4 Å². The van der Waals surface area contributed by atoms with Crippen LogP contribution in [-0.2, 0) is 27.9 Å². The maximum absolute atomic E-state index is 13.4. The molecule has 0 rings (SSSR count). The van der Waals surface area contributed by atoms with E-state index in [4.69, 9.17) is 13.8 Å². The van der Waals surface area contributed by atoms with Crippen molar-refractivity contribution in [3.63, 3.8) is 0 Å². The zero-order chi connectivity index (χ0) is 50.1. The summed E-state index contributed by atoms with van der Waals surface area (Å²) in [6.07, 6.45) is 59.0. The molecule has 0 radical (unpaired) electrons. The molecule has 0 aromatic heterocycles. The first-order valence-electron chi connectivity index (χ1n) is 28.1. The van der Waals surface area contributed by atoms with Crippen LogP contribution in [0.25, 0.3) is 0 Å². The molecular weight excluding hydrogens is 868 g/mol. The molecule has 0 saturated heterocycles. The number of unbranched alkanes of at least 4 members (excludes halogenated alkanes) is 26. The first kappa shape index (κ1) is 65.7. The van der Waals surface area contributed by atoms with Gasteiger partial charge in [0.2, 0.25) is 5.91 Å². The van der Waals surface area contributed by atoms with Gasteiger partial charge in [0, 0.05) is 12.8 Å². The molecule has 10 heteroatoms. The SMILES string of the molecule is CCCCC/C=C\C/C=C\C/C=C\C/C=C\CCCC(=O)NC(COP(=O)([O-])OCC[N+](C)(C)C)C(/C=C/CCCCCCCCCCC)OC(=O)CCCCCCCCCCCCCCCC. The predicted octanol–water partition coefficient (Wildman–Crippen LogP) is 16.1. The van der Waals surface area contributed by atoms with E-state index in [1.807, 2.05) is 33.3 Å². The second-order valence-corrected chi connectivity index (χ2v) is 21.5. The number of amides is 1. The topological polar surface area (TPSA) is 114 Å². The number of likely N-dealkylation sites (N-methyl/N-ethyl adjacent to an activating group) is 1. The Balaban J connectivity index is 5.43. The molecule has 396 valence electrons. The summed E-state index contributed by atoms with van der Waals surface area (Å²) in [5, 5.41) is 2.98. The summed E-state index contributed by atoms with van der Waals surface area (Å²) >= 11 is 0. The van der Waals surface area contributed by atoms with Crippen molar-refractivity contribution < 1.29 is 37.3 Å². The second-order valence-electron chi connectivity index (χ2n) is 20.1. The minimum atomic E-state index is -4.70. The van der Waals surface area contributed by atoms with Crippen LogP contribution in [0.5, 0.6) is 0 Å². The summed E-state index contributed by atoms with van der Waals surface area (Å²) in [6.45, 7) is 6.76. The number of nitrogens with zero attached hydrogens (tertiary/aromatic N) is 1. The lowest BCUT2D eigenvalue weighted by atomic mass is 10.0. The number of allylic oxidation sites excluding steroid dienone is 9. The largest absolute Gasteiger partial charge is 0.756 e. The quantitative estimate of drug-likeness (QED) is 0.0212. The first-order chi connectivity index (χ1) is 32.9. The smallest absolute Gasteiger partial charge is 0.306 e. The van der Waals surface area contributed by atoms with Crippen molar-refractivity contribution in [2.24, 2.45) is 0 Å². The summed E-state index contributed by atoms with van der Waals surface area (Å²) < 4.78 is 30.1. The monoisotopic (exact) mass is 975 g/mol. The number of nitrogens with one attached hydrogen (secondary N) is 1. The maximum atomic E-state index is 13.4. The Morgan fingerprint density at radius 2 is 0.912 bits per heavy atom. The molecule has 0 aliphatic carbocycles. The molecule has 0 heterocycles. The number of esters is 1. The highest BCUT2D eigenvalue weighted by molar-refractivity contribution is 7.45. The van der Waals surface area contributed by atoms with Crippen molar-refractivity contribution >= 4 is 19.7 Å². The number of rotatable bonds is 50. The Labute approximate surface area is 420 Å². The summed E-state index contributed by atoms with van der Waals surface area (Å²) in [5.74, 6) is -0.604. The normalized spacial score (nSPS) is 14.3. The van der Waals surface area contributed by atoms with Gasteiger partial charge in [-0.25, -0.2) is 0 Å². The van der Waals surface area contributed by atoms with E-state index < -0.39 is 26.6 Å². The van der Waals surface area contributed by atoms with Crippen LogP contribution in [0.1, 0.15) is 245 Å². The van der Waals surface area contributed by atoms with Crippen LogP contribution in [0.15, 0.2) is 60.8 Å². The van der Waals surface area contributed by atoms with Crippen molar-refractivity contribution in [1.29, 1.82) is 0 Å². The number of carbonyl (C=O) groups is 2. The van der Waals surface area contributed by atoms with E-state index in [1.165, 1.54) is 141 Å². The van der Waals surface area contributed by atoms with Crippen LogP contribution in [0.2, 0.25) is 0 Å². The lowest BCUT2D eigenvalue weighted by Gasteiger charge is -2.30. The third-order valence-corrected chi connectivity index (χ3v) is 13.2. The minimum absolute atomic E-state index is 0.0327. The molecule has 0 aromatic rings. The molecule has 0 bridgehead atoms. The van der Waals surface area contributed by atoms with Gasteiger partial charge in [-0.15, -0.1) is 0 Å². The fraction of sp³-hybridized carbons (Fsp3) is 0.793. The molecule has 0 aliphatic rings. The van der Waals surface area contributed by atoms with Gasteiger partial charge in [0.15, 0.2) is 0 Å². The highest BCUT2D eigenvalue weighted by atomic mass is 31.2. The van der Waals surface area contributed by atoms with Crippen LogP contribution < -0.4 is 10.2 Å². The van der Waals surface area contributed by atoms with Crippen molar-refractivity contribution in [3.05, 3.63) is 60.8 Å². The van der Waals surface area contributed by atoms with Gasteiger partial charge < -0.3 is 28.5 Å². The van der Waals surface area contributed by atoms with Gasteiger partial charge in [-0.05, 0) is 70.3 Å². The molecule has 0 spiro atoms. The molecule has 1 amide bonds. The number of carbonyl (C=O) groups excluding carboxylic acids is 2. The Morgan fingerprint density at radius 1 is 0.515 bits per heavy atom. The van der Waals surface area contributed by atoms with Crippen molar-refractivity contribution in [1.82, 2.24) is 5.32 Å². The molecular formula is C58H107N2O7P. The molecule has 3 atom stereocenters. The van der Waals surface area contributed by atoms with Crippen molar-refractivity contribution in [3.8, 4) is 0 Å². The van der Waals surface area contributed by atoms with Gasteiger partial charge in [0.25, 0.3) is 7.82 Å². The highest BCUT2D eigenvalue weighted by Gasteiger charge is 2.27. The average molecular weight is 975 g/mol. The highest BCUT2D eigenvalue weighted by Crippen LogP contribution is 2.38. The Hall–Kier alpha value is -2.29. The zero-order valence-corrected chi connectivity index (χ0v) is 45.9. The molecule has 0 aromatic carbocycles. The summed E-state index contributed by atoms with van der Waals surface area (Å²) in [6, 6.07) is -0.914. The predicted molar refractivity (Wildman–Crippen MR) is 289 cm³/mol. The first-order valence-corrected chi connectivity index (χ1v) is 29.6. The number of phosphoric acid groups is 1.